The molecule has 8 nitrogen and oxygen atoms in total. The molecule has 0 saturated heterocycles. The predicted octanol–water partition coefficient (Wildman–Crippen LogP) is 1.39. The number of ether oxygens (including phenoxy) is 4. The molecule has 0 bridgehead atoms. The molecule has 0 spiro atoms. The van der Waals surface area contributed by atoms with Crippen LogP contribution in [0.3, 0.4) is 0 Å². The van der Waals surface area contributed by atoms with Gasteiger partial charge < -0.3 is 24.5 Å². The van der Waals surface area contributed by atoms with E-state index in [-0.39, 0.29) is 23.7 Å². The third-order valence-corrected chi connectivity index (χ3v) is 1.89. The van der Waals surface area contributed by atoms with Crippen molar-refractivity contribution in [3.63, 3.8) is 0 Å². The van der Waals surface area contributed by atoms with Gasteiger partial charge in [-0.1, -0.05) is 0 Å². The summed E-state index contributed by atoms with van der Waals surface area (Å²) in [5.41, 5.74) is 8.85. The van der Waals surface area contributed by atoms with Gasteiger partial charge in [-0.2, -0.15) is 4.79 Å². The molecule has 18 heavy (non-hydrogen) atoms. The van der Waals surface area contributed by atoms with Crippen molar-refractivity contribution >= 4 is 18.0 Å². The van der Waals surface area contributed by atoms with Gasteiger partial charge >= 0.3 is 12.3 Å². The SMILES string of the molecule is COC(=O)OC1=CCC(=[N+]=[N-])C=C1OC(=O)OC. The maximum atomic E-state index is 11.0. The Kier molecular flexibility index (Phi) is 4.65. The molecule has 1 aliphatic rings. The van der Waals surface area contributed by atoms with E-state index in [1.54, 1.807) is 0 Å². The van der Waals surface area contributed by atoms with E-state index in [0.29, 0.717) is 0 Å². The standard InChI is InChI=1S/C10H10N2O6/c1-15-9(13)17-7-4-3-6(12-11)5-8(7)18-10(14)16-2/h4-5H,3H2,1-2H3. The molecule has 0 aromatic heterocycles. The van der Waals surface area contributed by atoms with E-state index in [4.69, 9.17) is 15.0 Å². The summed E-state index contributed by atoms with van der Waals surface area (Å²) < 4.78 is 18.1. The molecule has 0 atom stereocenters. The number of allylic oxidation sites excluding steroid dienone is 2. The summed E-state index contributed by atoms with van der Waals surface area (Å²) in [5, 5.41) is 0. The van der Waals surface area contributed by atoms with Gasteiger partial charge in [0.15, 0.2) is 11.5 Å². The lowest BCUT2D eigenvalue weighted by Gasteiger charge is -2.12. The fourth-order valence-electron chi connectivity index (χ4n) is 1.08. The van der Waals surface area contributed by atoms with E-state index in [0.717, 1.165) is 14.2 Å². The molecule has 0 unspecified atom stereocenters. The first-order valence-electron chi connectivity index (χ1n) is 4.75. The summed E-state index contributed by atoms with van der Waals surface area (Å²) in [6.07, 6.45) is 0.862. The molecule has 0 radical (unpaired) electrons. The summed E-state index contributed by atoms with van der Waals surface area (Å²) in [4.78, 5) is 24.9. The Morgan fingerprint density at radius 2 is 1.72 bits per heavy atom. The molecular weight excluding hydrogens is 244 g/mol. The van der Waals surface area contributed by atoms with Gasteiger partial charge in [0, 0.05) is 0 Å². The monoisotopic (exact) mass is 254 g/mol. The van der Waals surface area contributed by atoms with E-state index < -0.39 is 12.3 Å². The number of carbonyl (C=O) groups is 2. The molecule has 0 aliphatic heterocycles. The Hall–Kier alpha value is -2.60. The van der Waals surface area contributed by atoms with E-state index in [1.165, 1.54) is 12.2 Å². The van der Waals surface area contributed by atoms with Crippen molar-refractivity contribution in [1.29, 1.82) is 0 Å². The number of carbonyl (C=O) groups excluding carboxylic acids is 2. The maximum absolute atomic E-state index is 11.0. The van der Waals surface area contributed by atoms with Gasteiger partial charge in [-0.25, -0.2) is 9.59 Å². The van der Waals surface area contributed by atoms with Crippen molar-refractivity contribution in [2.75, 3.05) is 14.2 Å². The molecular formula is C10H10N2O6. The first kappa shape index (κ1) is 13.5. The molecule has 1 rings (SSSR count). The van der Waals surface area contributed by atoms with Crippen LogP contribution < -0.4 is 0 Å². The van der Waals surface area contributed by atoms with Crippen LogP contribution in [0, 0.1) is 0 Å². The highest BCUT2D eigenvalue weighted by atomic mass is 16.7. The number of nitrogens with zero attached hydrogens (tertiary/aromatic N) is 2. The third-order valence-electron chi connectivity index (χ3n) is 1.89. The molecule has 0 aromatic carbocycles. The normalized spacial score (nSPS) is 13.8. The molecule has 96 valence electrons. The lowest BCUT2D eigenvalue weighted by molar-refractivity contribution is -0.00615. The molecule has 0 fully saturated rings. The summed E-state index contributed by atoms with van der Waals surface area (Å²) in [6, 6.07) is 0. The van der Waals surface area contributed by atoms with Crippen LogP contribution in [0.15, 0.2) is 23.7 Å². The Morgan fingerprint density at radius 3 is 2.22 bits per heavy atom. The molecule has 8 heteroatoms. The smallest absolute Gasteiger partial charge is 0.437 e. The largest absolute Gasteiger partial charge is 0.513 e. The van der Waals surface area contributed by atoms with Crippen molar-refractivity contribution in [2.45, 2.75) is 6.42 Å². The average molecular weight is 254 g/mol. The number of rotatable bonds is 2. The van der Waals surface area contributed by atoms with Crippen LogP contribution in [0.1, 0.15) is 6.42 Å². The minimum absolute atomic E-state index is 0.0281. The highest BCUT2D eigenvalue weighted by Crippen LogP contribution is 2.20. The van der Waals surface area contributed by atoms with Crippen LogP contribution in [-0.4, -0.2) is 37.0 Å². The van der Waals surface area contributed by atoms with Crippen LogP contribution in [0.4, 0.5) is 9.59 Å². The Bertz CT molecular complexity index is 473. The van der Waals surface area contributed by atoms with Crippen molar-refractivity contribution in [3.05, 3.63) is 29.2 Å². The molecule has 0 amide bonds. The molecule has 0 N–H and O–H groups in total. The van der Waals surface area contributed by atoms with Crippen LogP contribution in [0.25, 0.3) is 5.53 Å². The summed E-state index contributed by atoms with van der Waals surface area (Å²) in [6.45, 7) is 0. The van der Waals surface area contributed by atoms with Crippen molar-refractivity contribution in [2.24, 2.45) is 0 Å². The second-order valence-corrected chi connectivity index (χ2v) is 2.98. The molecule has 1 aliphatic carbocycles. The predicted molar refractivity (Wildman–Crippen MR) is 56.4 cm³/mol. The topological polar surface area (TPSA) is 107 Å². The highest BCUT2D eigenvalue weighted by Gasteiger charge is 2.24. The second kappa shape index (κ2) is 6.21. The van der Waals surface area contributed by atoms with Gasteiger partial charge in [0.25, 0.3) is 5.71 Å². The van der Waals surface area contributed by atoms with Crippen LogP contribution in [-0.2, 0) is 18.9 Å². The van der Waals surface area contributed by atoms with E-state index >= 15 is 0 Å². The number of hydrogen-bond donors (Lipinski definition) is 0. The lowest BCUT2D eigenvalue weighted by Crippen LogP contribution is -2.15. The zero-order chi connectivity index (χ0) is 13.5. The minimum atomic E-state index is -1.00. The van der Waals surface area contributed by atoms with Gasteiger partial charge in [0.1, 0.15) is 0 Å². The fourth-order valence-corrected chi connectivity index (χ4v) is 1.08. The minimum Gasteiger partial charge on any atom is -0.437 e. The van der Waals surface area contributed by atoms with Gasteiger partial charge in [-0.3, -0.25) is 0 Å². The number of hydrogen-bond acceptors (Lipinski definition) is 6. The lowest BCUT2D eigenvalue weighted by atomic mass is 10.1. The van der Waals surface area contributed by atoms with Crippen LogP contribution in [0.2, 0.25) is 0 Å². The third kappa shape index (κ3) is 3.46. The first-order valence-corrected chi connectivity index (χ1v) is 4.75. The van der Waals surface area contributed by atoms with Gasteiger partial charge in [0.05, 0.1) is 26.7 Å². The quantitative estimate of drug-likeness (QED) is 0.418. The maximum Gasteiger partial charge on any atom is 0.513 e. The van der Waals surface area contributed by atoms with Crippen molar-refractivity contribution in [3.8, 4) is 0 Å². The summed E-state index contributed by atoms with van der Waals surface area (Å²) >= 11 is 0. The second-order valence-electron chi connectivity index (χ2n) is 2.98. The highest BCUT2D eigenvalue weighted by molar-refractivity contribution is 5.94. The Morgan fingerprint density at radius 1 is 1.17 bits per heavy atom. The van der Waals surface area contributed by atoms with Gasteiger partial charge in [-0.05, 0) is 6.08 Å². The van der Waals surface area contributed by atoms with Gasteiger partial charge in [0.2, 0.25) is 0 Å². The summed E-state index contributed by atoms with van der Waals surface area (Å²) in [7, 11) is 2.26. The molecule has 0 aromatic rings. The van der Waals surface area contributed by atoms with Crippen molar-refractivity contribution in [1.82, 2.24) is 0 Å². The van der Waals surface area contributed by atoms with E-state index in [9.17, 15) is 9.59 Å². The zero-order valence-corrected chi connectivity index (χ0v) is 9.71. The average Bonchev–Trinajstić information content (AvgIpc) is 2.40. The Labute approximate surface area is 102 Å². The fraction of sp³-hybridized carbons (Fsp3) is 0.300. The van der Waals surface area contributed by atoms with Crippen LogP contribution in [0.5, 0.6) is 0 Å². The van der Waals surface area contributed by atoms with E-state index in [1.807, 2.05) is 0 Å². The molecule has 0 heterocycles. The first-order chi connectivity index (χ1) is 8.60. The van der Waals surface area contributed by atoms with Crippen molar-refractivity contribution < 1.29 is 33.3 Å². The van der Waals surface area contributed by atoms with Crippen LogP contribution >= 0.6 is 0 Å². The number of methoxy groups -OCH3 is 2. The van der Waals surface area contributed by atoms with Gasteiger partial charge in [-0.15, -0.1) is 0 Å². The zero-order valence-electron chi connectivity index (χ0n) is 9.71. The molecule has 0 saturated carbocycles. The van der Waals surface area contributed by atoms with E-state index in [2.05, 4.69) is 14.3 Å². The summed E-state index contributed by atoms with van der Waals surface area (Å²) in [5.74, 6) is -0.147. The Balaban J connectivity index is 2.91.